The second kappa shape index (κ2) is 5.74. The largest absolute Gasteiger partial charge is 0.384 e. The van der Waals surface area contributed by atoms with Crippen molar-refractivity contribution in [3.8, 4) is 0 Å². The van der Waals surface area contributed by atoms with Crippen LogP contribution in [0, 0.1) is 5.82 Å². The van der Waals surface area contributed by atoms with Gasteiger partial charge in [-0.05, 0) is 42.3 Å². The molecule has 108 valence electrons. The van der Waals surface area contributed by atoms with E-state index in [4.69, 9.17) is 11.6 Å². The number of benzene rings is 2. The van der Waals surface area contributed by atoms with Crippen molar-refractivity contribution in [2.75, 3.05) is 17.2 Å². The quantitative estimate of drug-likeness (QED) is 0.909. The SMILES string of the molecule is O=C(Cc1c(F)cccc1Cl)Nc1ccc2c(c1)CCN2. The molecule has 1 aliphatic rings. The summed E-state index contributed by atoms with van der Waals surface area (Å²) in [7, 11) is 0. The average molecular weight is 305 g/mol. The van der Waals surface area contributed by atoms with Gasteiger partial charge >= 0.3 is 0 Å². The van der Waals surface area contributed by atoms with E-state index < -0.39 is 5.82 Å². The Morgan fingerprint density at radius 3 is 3.00 bits per heavy atom. The van der Waals surface area contributed by atoms with Crippen LogP contribution in [0.2, 0.25) is 5.02 Å². The molecule has 1 heterocycles. The molecule has 0 radical (unpaired) electrons. The molecule has 2 aromatic rings. The lowest BCUT2D eigenvalue weighted by molar-refractivity contribution is -0.115. The fraction of sp³-hybridized carbons (Fsp3) is 0.188. The molecule has 3 rings (SSSR count). The zero-order chi connectivity index (χ0) is 14.8. The van der Waals surface area contributed by atoms with E-state index in [1.807, 2.05) is 18.2 Å². The minimum absolute atomic E-state index is 0.0825. The summed E-state index contributed by atoms with van der Waals surface area (Å²) in [6.07, 6.45) is 0.860. The van der Waals surface area contributed by atoms with Crippen molar-refractivity contribution in [1.82, 2.24) is 0 Å². The Balaban J connectivity index is 1.72. The van der Waals surface area contributed by atoms with Crippen LogP contribution in [0.25, 0.3) is 0 Å². The van der Waals surface area contributed by atoms with Crippen molar-refractivity contribution in [1.29, 1.82) is 0 Å². The Bertz CT molecular complexity index is 682. The first kappa shape index (κ1) is 13.9. The smallest absolute Gasteiger partial charge is 0.228 e. The van der Waals surface area contributed by atoms with E-state index in [2.05, 4.69) is 10.6 Å². The molecule has 2 aromatic carbocycles. The van der Waals surface area contributed by atoms with Crippen LogP contribution >= 0.6 is 11.6 Å². The van der Waals surface area contributed by atoms with Gasteiger partial charge in [0.1, 0.15) is 5.82 Å². The highest BCUT2D eigenvalue weighted by Crippen LogP contribution is 2.25. The Morgan fingerprint density at radius 2 is 2.19 bits per heavy atom. The van der Waals surface area contributed by atoms with Crippen LogP contribution in [-0.2, 0) is 17.6 Å². The van der Waals surface area contributed by atoms with Gasteiger partial charge in [0.2, 0.25) is 5.91 Å². The maximum Gasteiger partial charge on any atom is 0.228 e. The lowest BCUT2D eigenvalue weighted by atomic mass is 10.1. The van der Waals surface area contributed by atoms with E-state index >= 15 is 0 Å². The summed E-state index contributed by atoms with van der Waals surface area (Å²) in [6, 6.07) is 10.1. The van der Waals surface area contributed by atoms with Crippen LogP contribution in [-0.4, -0.2) is 12.5 Å². The van der Waals surface area contributed by atoms with Gasteiger partial charge in [0, 0.05) is 28.5 Å². The molecular weight excluding hydrogens is 291 g/mol. The van der Waals surface area contributed by atoms with E-state index in [0.717, 1.165) is 24.3 Å². The Kier molecular flexibility index (Phi) is 3.80. The zero-order valence-corrected chi connectivity index (χ0v) is 12.0. The number of halogens is 2. The van der Waals surface area contributed by atoms with Gasteiger partial charge in [-0.2, -0.15) is 0 Å². The summed E-state index contributed by atoms with van der Waals surface area (Å²) in [4.78, 5) is 12.0. The first-order valence-corrected chi connectivity index (χ1v) is 7.11. The number of rotatable bonds is 3. The number of anilines is 2. The molecule has 3 nitrogen and oxygen atoms in total. The number of carbonyl (C=O) groups excluding carboxylic acids is 1. The number of fused-ring (bicyclic) bond motifs is 1. The van der Waals surface area contributed by atoms with Crippen LogP contribution < -0.4 is 10.6 Å². The lowest BCUT2D eigenvalue weighted by Gasteiger charge is -2.09. The van der Waals surface area contributed by atoms with E-state index in [-0.39, 0.29) is 22.9 Å². The van der Waals surface area contributed by atoms with Crippen LogP contribution in [0.1, 0.15) is 11.1 Å². The van der Waals surface area contributed by atoms with Crippen molar-refractivity contribution >= 4 is 28.9 Å². The van der Waals surface area contributed by atoms with Gasteiger partial charge in [-0.15, -0.1) is 0 Å². The van der Waals surface area contributed by atoms with E-state index in [9.17, 15) is 9.18 Å². The second-order valence-corrected chi connectivity index (χ2v) is 5.38. The third-order valence-electron chi connectivity index (χ3n) is 3.50. The summed E-state index contributed by atoms with van der Waals surface area (Å²) < 4.78 is 13.7. The predicted molar refractivity (Wildman–Crippen MR) is 82.4 cm³/mol. The molecule has 0 aromatic heterocycles. The van der Waals surface area contributed by atoms with Gasteiger partial charge in [0.25, 0.3) is 0 Å². The van der Waals surface area contributed by atoms with E-state index in [1.54, 1.807) is 6.07 Å². The highest BCUT2D eigenvalue weighted by atomic mass is 35.5. The summed E-state index contributed by atoms with van der Waals surface area (Å²) in [5.74, 6) is -0.747. The average Bonchev–Trinajstić information content (AvgIpc) is 2.90. The van der Waals surface area contributed by atoms with Crippen molar-refractivity contribution < 1.29 is 9.18 Å². The third kappa shape index (κ3) is 3.00. The molecule has 0 saturated heterocycles. The number of hydrogen-bond acceptors (Lipinski definition) is 2. The van der Waals surface area contributed by atoms with Crippen LogP contribution in [0.3, 0.4) is 0 Å². The van der Waals surface area contributed by atoms with Crippen molar-refractivity contribution in [2.45, 2.75) is 12.8 Å². The standard InChI is InChI=1S/C16H14ClFN2O/c17-13-2-1-3-14(18)12(13)9-16(21)20-11-4-5-15-10(8-11)6-7-19-15/h1-5,8,19H,6-7,9H2,(H,20,21). The third-order valence-corrected chi connectivity index (χ3v) is 3.85. The normalized spacial score (nSPS) is 12.7. The molecule has 1 aliphatic heterocycles. The van der Waals surface area contributed by atoms with Crippen molar-refractivity contribution in [3.63, 3.8) is 0 Å². The highest BCUT2D eigenvalue weighted by Gasteiger charge is 2.14. The van der Waals surface area contributed by atoms with E-state index in [1.165, 1.54) is 17.7 Å². The number of hydrogen-bond donors (Lipinski definition) is 2. The van der Waals surface area contributed by atoms with Gasteiger partial charge in [0.15, 0.2) is 0 Å². The predicted octanol–water partition coefficient (Wildman–Crippen LogP) is 3.63. The molecule has 2 N–H and O–H groups in total. The molecule has 0 unspecified atom stereocenters. The van der Waals surface area contributed by atoms with Crippen molar-refractivity contribution in [2.24, 2.45) is 0 Å². The Hall–Kier alpha value is -2.07. The lowest BCUT2D eigenvalue weighted by Crippen LogP contribution is -2.15. The van der Waals surface area contributed by atoms with Gasteiger partial charge < -0.3 is 10.6 Å². The van der Waals surface area contributed by atoms with Gasteiger partial charge in [-0.3, -0.25) is 4.79 Å². The summed E-state index contributed by atoms with van der Waals surface area (Å²) >= 11 is 5.93. The fourth-order valence-corrected chi connectivity index (χ4v) is 2.68. The van der Waals surface area contributed by atoms with Gasteiger partial charge in [0.05, 0.1) is 6.42 Å². The summed E-state index contributed by atoms with van der Waals surface area (Å²) in [5, 5.41) is 6.31. The maximum atomic E-state index is 13.7. The summed E-state index contributed by atoms with van der Waals surface area (Å²) in [6.45, 7) is 0.914. The van der Waals surface area contributed by atoms with Crippen molar-refractivity contribution in [3.05, 3.63) is 58.4 Å². The molecular formula is C16H14ClFN2O. The van der Waals surface area contributed by atoms with Gasteiger partial charge in [-0.25, -0.2) is 4.39 Å². The fourth-order valence-electron chi connectivity index (χ4n) is 2.45. The Labute approximate surface area is 127 Å². The monoisotopic (exact) mass is 304 g/mol. The molecule has 1 amide bonds. The highest BCUT2D eigenvalue weighted by molar-refractivity contribution is 6.31. The van der Waals surface area contributed by atoms with Crippen LogP contribution in [0.5, 0.6) is 0 Å². The molecule has 0 atom stereocenters. The van der Waals surface area contributed by atoms with E-state index in [0.29, 0.717) is 0 Å². The zero-order valence-electron chi connectivity index (χ0n) is 11.2. The molecule has 0 fully saturated rings. The number of amides is 1. The minimum Gasteiger partial charge on any atom is -0.384 e. The topological polar surface area (TPSA) is 41.1 Å². The minimum atomic E-state index is -0.462. The number of carbonyl (C=O) groups is 1. The first-order valence-electron chi connectivity index (χ1n) is 6.73. The molecule has 0 spiro atoms. The molecule has 21 heavy (non-hydrogen) atoms. The molecule has 0 saturated carbocycles. The first-order chi connectivity index (χ1) is 10.1. The number of nitrogens with one attached hydrogen (secondary N) is 2. The molecule has 0 bridgehead atoms. The molecule has 5 heteroatoms. The second-order valence-electron chi connectivity index (χ2n) is 4.97. The molecule has 0 aliphatic carbocycles. The van der Waals surface area contributed by atoms with Gasteiger partial charge in [-0.1, -0.05) is 17.7 Å². The maximum absolute atomic E-state index is 13.7. The summed E-state index contributed by atoms with van der Waals surface area (Å²) in [5.41, 5.74) is 3.22. The van der Waals surface area contributed by atoms with Crippen LogP contribution in [0.4, 0.5) is 15.8 Å². The Morgan fingerprint density at radius 1 is 1.33 bits per heavy atom. The van der Waals surface area contributed by atoms with Crippen LogP contribution in [0.15, 0.2) is 36.4 Å².